The van der Waals surface area contributed by atoms with Crippen molar-refractivity contribution in [3.8, 4) is 0 Å². The van der Waals surface area contributed by atoms with Gasteiger partial charge in [0.2, 0.25) is 0 Å². The van der Waals surface area contributed by atoms with Gasteiger partial charge in [-0.1, -0.05) is 6.42 Å². The minimum atomic E-state index is -0.486. The van der Waals surface area contributed by atoms with Crippen molar-refractivity contribution in [1.29, 1.82) is 0 Å². The van der Waals surface area contributed by atoms with Gasteiger partial charge in [0, 0.05) is 44.8 Å². The largest absolute Gasteiger partial charge is 0.444 e. The zero-order valence-corrected chi connectivity index (χ0v) is 15.8. The van der Waals surface area contributed by atoms with E-state index in [1.54, 1.807) is 4.90 Å². The van der Waals surface area contributed by atoms with E-state index in [1.165, 1.54) is 25.8 Å². The van der Waals surface area contributed by atoms with E-state index in [0.29, 0.717) is 32.2 Å². The number of carbonyl (C=O) groups excluding carboxylic acids is 2. The van der Waals surface area contributed by atoms with E-state index < -0.39 is 5.60 Å². The van der Waals surface area contributed by atoms with Crippen LogP contribution in [-0.4, -0.2) is 83.8 Å². The molecule has 2 unspecified atom stereocenters. The molecule has 0 aromatic carbocycles. The number of ether oxygens (including phenoxy) is 1. The predicted octanol–water partition coefficient (Wildman–Crippen LogP) is 1.88. The van der Waals surface area contributed by atoms with Crippen LogP contribution in [0.4, 0.5) is 9.59 Å². The van der Waals surface area contributed by atoms with Gasteiger partial charge >= 0.3 is 12.1 Å². The fourth-order valence-electron chi connectivity index (χ4n) is 4.08. The normalized spacial score (nSPS) is 27.8. The van der Waals surface area contributed by atoms with E-state index in [9.17, 15) is 9.59 Å². The maximum atomic E-state index is 12.6. The molecule has 0 aromatic heterocycles. The Labute approximate surface area is 150 Å². The maximum Gasteiger partial charge on any atom is 0.410 e. The zero-order chi connectivity index (χ0) is 18.0. The van der Waals surface area contributed by atoms with E-state index in [1.807, 2.05) is 25.7 Å². The Balaban J connectivity index is 1.45. The third-order valence-electron chi connectivity index (χ3n) is 5.38. The first-order valence-electron chi connectivity index (χ1n) is 9.61. The summed E-state index contributed by atoms with van der Waals surface area (Å²) in [5.41, 5.74) is -0.486. The van der Waals surface area contributed by atoms with Gasteiger partial charge in [0.25, 0.3) is 0 Å². The minimum absolute atomic E-state index is 0.0151. The fourth-order valence-corrected chi connectivity index (χ4v) is 4.08. The second-order valence-corrected chi connectivity index (χ2v) is 8.40. The van der Waals surface area contributed by atoms with Crippen LogP contribution in [0.2, 0.25) is 0 Å². The standard InChI is InChI=1S/C18H32N4O3/c1-18(2,3)25-17(24)22-12-10-21(11-13-22)16(23)19-14-7-9-20-8-5-4-6-15(14)20/h14-15H,4-13H2,1-3H3,(H,19,23). The fraction of sp³-hybridized carbons (Fsp3) is 0.889. The highest BCUT2D eigenvalue weighted by Crippen LogP contribution is 2.27. The van der Waals surface area contributed by atoms with Crippen LogP contribution in [0.15, 0.2) is 0 Å². The summed E-state index contributed by atoms with van der Waals surface area (Å²) in [7, 11) is 0. The number of urea groups is 1. The smallest absolute Gasteiger partial charge is 0.410 e. The van der Waals surface area contributed by atoms with Gasteiger partial charge in [-0.3, -0.25) is 4.90 Å². The van der Waals surface area contributed by atoms with Crippen molar-refractivity contribution >= 4 is 12.1 Å². The molecule has 142 valence electrons. The second-order valence-electron chi connectivity index (χ2n) is 8.40. The van der Waals surface area contributed by atoms with Crippen molar-refractivity contribution in [2.24, 2.45) is 0 Å². The number of piperazine rings is 1. The lowest BCUT2D eigenvalue weighted by Gasteiger charge is -2.37. The van der Waals surface area contributed by atoms with E-state index in [-0.39, 0.29) is 18.2 Å². The molecule has 0 aliphatic carbocycles. The first kappa shape index (κ1) is 18.3. The SMILES string of the molecule is CC(C)(C)OC(=O)N1CCN(C(=O)NC2CCN3CCCCC23)CC1. The van der Waals surface area contributed by atoms with Crippen LogP contribution >= 0.6 is 0 Å². The van der Waals surface area contributed by atoms with Crippen LogP contribution in [0.3, 0.4) is 0 Å². The summed E-state index contributed by atoms with van der Waals surface area (Å²) in [6, 6.07) is 0.804. The zero-order valence-electron chi connectivity index (χ0n) is 15.8. The van der Waals surface area contributed by atoms with E-state index in [4.69, 9.17) is 4.74 Å². The molecule has 0 bridgehead atoms. The molecule has 3 amide bonds. The molecule has 3 fully saturated rings. The lowest BCUT2D eigenvalue weighted by molar-refractivity contribution is 0.0168. The van der Waals surface area contributed by atoms with Gasteiger partial charge < -0.3 is 19.9 Å². The number of amides is 3. The van der Waals surface area contributed by atoms with Crippen molar-refractivity contribution in [3.05, 3.63) is 0 Å². The van der Waals surface area contributed by atoms with Crippen molar-refractivity contribution in [2.75, 3.05) is 39.3 Å². The Kier molecular flexibility index (Phi) is 5.41. The Morgan fingerprint density at radius 3 is 2.28 bits per heavy atom. The maximum absolute atomic E-state index is 12.6. The third-order valence-corrected chi connectivity index (χ3v) is 5.38. The Hall–Kier alpha value is -1.50. The summed E-state index contributed by atoms with van der Waals surface area (Å²) in [5, 5.41) is 3.24. The molecule has 7 nitrogen and oxygen atoms in total. The van der Waals surface area contributed by atoms with Crippen molar-refractivity contribution in [1.82, 2.24) is 20.0 Å². The second kappa shape index (κ2) is 7.40. The Morgan fingerprint density at radius 2 is 1.60 bits per heavy atom. The summed E-state index contributed by atoms with van der Waals surface area (Å²) in [6.07, 6.45) is 4.50. The van der Waals surface area contributed by atoms with Gasteiger partial charge in [-0.15, -0.1) is 0 Å². The summed E-state index contributed by atoms with van der Waals surface area (Å²) < 4.78 is 5.40. The van der Waals surface area contributed by atoms with E-state index >= 15 is 0 Å². The molecule has 3 rings (SSSR count). The predicted molar refractivity (Wildman–Crippen MR) is 95.5 cm³/mol. The van der Waals surface area contributed by atoms with E-state index in [0.717, 1.165) is 13.0 Å². The lowest BCUT2D eigenvalue weighted by atomic mass is 9.99. The number of nitrogens with zero attached hydrogens (tertiary/aromatic N) is 3. The van der Waals surface area contributed by atoms with Crippen LogP contribution < -0.4 is 5.32 Å². The molecule has 3 aliphatic heterocycles. The minimum Gasteiger partial charge on any atom is -0.444 e. The summed E-state index contributed by atoms with van der Waals surface area (Å²) >= 11 is 0. The highest BCUT2D eigenvalue weighted by Gasteiger charge is 2.37. The van der Waals surface area contributed by atoms with Gasteiger partial charge in [0.15, 0.2) is 0 Å². The first-order valence-corrected chi connectivity index (χ1v) is 9.61. The highest BCUT2D eigenvalue weighted by atomic mass is 16.6. The van der Waals surface area contributed by atoms with Crippen LogP contribution in [0.1, 0.15) is 46.5 Å². The Bertz CT molecular complexity index is 497. The number of nitrogens with one attached hydrogen (secondary N) is 1. The van der Waals surface area contributed by atoms with Gasteiger partial charge in [-0.05, 0) is 46.6 Å². The monoisotopic (exact) mass is 352 g/mol. The van der Waals surface area contributed by atoms with Crippen LogP contribution in [-0.2, 0) is 4.74 Å². The molecule has 3 saturated heterocycles. The van der Waals surface area contributed by atoms with Crippen molar-refractivity contribution in [2.45, 2.75) is 64.1 Å². The number of hydrogen-bond acceptors (Lipinski definition) is 4. The van der Waals surface area contributed by atoms with Gasteiger partial charge in [-0.2, -0.15) is 0 Å². The number of rotatable bonds is 1. The average molecular weight is 352 g/mol. The first-order chi connectivity index (χ1) is 11.8. The molecule has 25 heavy (non-hydrogen) atoms. The molecule has 3 heterocycles. The molecule has 2 atom stereocenters. The van der Waals surface area contributed by atoms with Crippen molar-refractivity contribution in [3.63, 3.8) is 0 Å². The quantitative estimate of drug-likeness (QED) is 0.782. The molecular weight excluding hydrogens is 320 g/mol. The number of piperidine rings is 1. The van der Waals surface area contributed by atoms with Crippen molar-refractivity contribution < 1.29 is 14.3 Å². The van der Waals surface area contributed by atoms with Crippen LogP contribution in [0.5, 0.6) is 0 Å². The molecule has 0 spiro atoms. The van der Waals surface area contributed by atoms with Gasteiger partial charge in [0.05, 0.1) is 0 Å². The van der Waals surface area contributed by atoms with Crippen LogP contribution in [0.25, 0.3) is 0 Å². The lowest BCUT2D eigenvalue weighted by Crippen LogP contribution is -2.56. The Morgan fingerprint density at radius 1 is 0.920 bits per heavy atom. The summed E-state index contributed by atoms with van der Waals surface area (Å²) in [4.78, 5) is 30.7. The number of carbonyl (C=O) groups is 2. The number of fused-ring (bicyclic) bond motifs is 1. The van der Waals surface area contributed by atoms with E-state index in [2.05, 4.69) is 10.2 Å². The summed E-state index contributed by atoms with van der Waals surface area (Å²) in [5.74, 6) is 0. The molecule has 1 N–H and O–H groups in total. The highest BCUT2D eigenvalue weighted by molar-refractivity contribution is 5.75. The topological polar surface area (TPSA) is 65.1 Å². The van der Waals surface area contributed by atoms with Gasteiger partial charge in [-0.25, -0.2) is 9.59 Å². The van der Waals surface area contributed by atoms with Crippen LogP contribution in [0, 0.1) is 0 Å². The molecule has 0 radical (unpaired) electrons. The van der Waals surface area contributed by atoms with Gasteiger partial charge in [0.1, 0.15) is 5.60 Å². The average Bonchev–Trinajstić information content (AvgIpc) is 2.96. The molecule has 0 aromatic rings. The summed E-state index contributed by atoms with van der Waals surface area (Å²) in [6.45, 7) is 10.1. The molecular formula is C18H32N4O3. The molecule has 3 aliphatic rings. The molecule has 7 heteroatoms. The number of hydrogen-bond donors (Lipinski definition) is 1. The third kappa shape index (κ3) is 4.57. The molecule has 0 saturated carbocycles.